The van der Waals surface area contributed by atoms with Crippen LogP contribution in [-0.2, 0) is 16.1 Å². The Balaban J connectivity index is 2.19. The molecule has 0 aliphatic heterocycles. The van der Waals surface area contributed by atoms with Gasteiger partial charge in [-0.3, -0.25) is 9.59 Å². The zero-order chi connectivity index (χ0) is 23.7. The first-order valence-electron chi connectivity index (χ1n) is 10.4. The summed E-state index contributed by atoms with van der Waals surface area (Å²) in [4.78, 5) is 27.0. The fourth-order valence-electron chi connectivity index (χ4n) is 2.94. The number of methoxy groups -OCH3 is 2. The van der Waals surface area contributed by atoms with Crippen molar-refractivity contribution in [2.75, 3.05) is 27.4 Å². The first kappa shape index (κ1) is 25.0. The van der Waals surface area contributed by atoms with Crippen LogP contribution in [0.4, 0.5) is 4.39 Å². The van der Waals surface area contributed by atoms with Crippen LogP contribution < -0.4 is 19.5 Å². The van der Waals surface area contributed by atoms with Crippen LogP contribution in [0.3, 0.4) is 0 Å². The summed E-state index contributed by atoms with van der Waals surface area (Å²) >= 11 is 0. The molecule has 7 nitrogen and oxygen atoms in total. The van der Waals surface area contributed by atoms with Crippen molar-refractivity contribution in [2.24, 2.45) is 5.92 Å². The van der Waals surface area contributed by atoms with Crippen molar-refractivity contribution in [1.82, 2.24) is 10.2 Å². The summed E-state index contributed by atoms with van der Waals surface area (Å²) in [5.74, 6) is 0.436. The van der Waals surface area contributed by atoms with Gasteiger partial charge in [-0.1, -0.05) is 32.0 Å². The Kier molecular flexibility index (Phi) is 9.31. The summed E-state index contributed by atoms with van der Waals surface area (Å²) in [6.45, 7) is 5.64. The molecule has 0 aromatic heterocycles. The van der Waals surface area contributed by atoms with Gasteiger partial charge in [-0.2, -0.15) is 0 Å². The number of nitrogens with zero attached hydrogens (tertiary/aromatic N) is 1. The first-order valence-corrected chi connectivity index (χ1v) is 10.4. The summed E-state index contributed by atoms with van der Waals surface area (Å²) < 4.78 is 30.3. The maximum absolute atomic E-state index is 14.3. The van der Waals surface area contributed by atoms with E-state index in [2.05, 4.69) is 5.32 Å². The van der Waals surface area contributed by atoms with E-state index in [0.29, 0.717) is 29.4 Å². The normalized spacial score (nSPS) is 11.6. The molecule has 32 heavy (non-hydrogen) atoms. The smallest absolute Gasteiger partial charge is 0.261 e. The van der Waals surface area contributed by atoms with Crippen LogP contribution >= 0.6 is 0 Å². The fourth-order valence-corrected chi connectivity index (χ4v) is 2.94. The number of carbonyl (C=O) groups excluding carboxylic acids is 2. The summed E-state index contributed by atoms with van der Waals surface area (Å²) in [6.07, 6.45) is 0. The van der Waals surface area contributed by atoms with E-state index in [4.69, 9.17) is 14.2 Å². The van der Waals surface area contributed by atoms with Crippen LogP contribution in [0.1, 0.15) is 26.3 Å². The predicted octanol–water partition coefficient (Wildman–Crippen LogP) is 3.41. The molecule has 0 fully saturated rings. The van der Waals surface area contributed by atoms with Gasteiger partial charge in [0.1, 0.15) is 29.1 Å². The molecule has 1 N–H and O–H groups in total. The molecular weight excluding hydrogens is 415 g/mol. The van der Waals surface area contributed by atoms with Gasteiger partial charge in [-0.05, 0) is 18.9 Å². The minimum absolute atomic E-state index is 0.0629. The molecule has 0 bridgehead atoms. The van der Waals surface area contributed by atoms with E-state index in [9.17, 15) is 14.0 Å². The lowest BCUT2D eigenvalue weighted by atomic mass is 10.1. The first-order chi connectivity index (χ1) is 15.2. The Morgan fingerprint density at radius 2 is 1.59 bits per heavy atom. The van der Waals surface area contributed by atoms with Gasteiger partial charge in [-0.15, -0.1) is 0 Å². The number of carbonyl (C=O) groups is 2. The van der Waals surface area contributed by atoms with Gasteiger partial charge in [0.2, 0.25) is 5.91 Å². The third-order valence-electron chi connectivity index (χ3n) is 4.84. The average Bonchev–Trinajstić information content (AvgIpc) is 2.79. The number of rotatable bonds is 11. The SMILES string of the molecule is COc1cc(OC)cc(OCC(=O)N(Cc2ccccc2F)[C@H](C)C(=O)NCC(C)C)c1. The highest BCUT2D eigenvalue weighted by Gasteiger charge is 2.27. The van der Waals surface area contributed by atoms with Crippen LogP contribution in [0.5, 0.6) is 17.2 Å². The molecule has 2 rings (SSSR count). The van der Waals surface area contributed by atoms with Crippen molar-refractivity contribution in [3.63, 3.8) is 0 Å². The Morgan fingerprint density at radius 1 is 1.00 bits per heavy atom. The largest absolute Gasteiger partial charge is 0.496 e. The van der Waals surface area contributed by atoms with Gasteiger partial charge in [0, 0.05) is 36.9 Å². The molecule has 2 amide bonds. The highest BCUT2D eigenvalue weighted by atomic mass is 19.1. The van der Waals surface area contributed by atoms with Gasteiger partial charge in [0.05, 0.1) is 14.2 Å². The van der Waals surface area contributed by atoms with Crippen LogP contribution in [0.2, 0.25) is 0 Å². The van der Waals surface area contributed by atoms with Crippen LogP contribution in [-0.4, -0.2) is 50.1 Å². The number of nitrogens with one attached hydrogen (secondary N) is 1. The third kappa shape index (κ3) is 7.14. The lowest BCUT2D eigenvalue weighted by molar-refractivity contribution is -0.142. The molecule has 174 valence electrons. The van der Waals surface area contributed by atoms with Gasteiger partial charge < -0.3 is 24.4 Å². The lowest BCUT2D eigenvalue weighted by Crippen LogP contribution is -2.49. The fraction of sp³-hybridized carbons (Fsp3) is 0.417. The van der Waals surface area contributed by atoms with Crippen LogP contribution in [0, 0.1) is 11.7 Å². The standard InChI is InChI=1S/C24H31FN2O5/c1-16(2)13-26-24(29)17(3)27(14-18-8-6-7-9-22(18)25)23(28)15-32-21-11-19(30-4)10-20(12-21)31-5/h6-12,16-17H,13-15H2,1-5H3,(H,26,29)/t17-/m1/s1. The van der Waals surface area contributed by atoms with E-state index >= 15 is 0 Å². The van der Waals surface area contributed by atoms with E-state index in [1.54, 1.807) is 43.3 Å². The van der Waals surface area contributed by atoms with Crippen molar-refractivity contribution in [3.05, 3.63) is 53.8 Å². The Labute approximate surface area is 188 Å². The van der Waals surface area contributed by atoms with Crippen molar-refractivity contribution >= 4 is 11.8 Å². The minimum Gasteiger partial charge on any atom is -0.496 e. The molecule has 0 unspecified atom stereocenters. The highest BCUT2D eigenvalue weighted by Crippen LogP contribution is 2.27. The second-order valence-electron chi connectivity index (χ2n) is 7.77. The molecule has 0 radical (unpaired) electrons. The highest BCUT2D eigenvalue weighted by molar-refractivity contribution is 5.88. The van der Waals surface area contributed by atoms with E-state index in [1.165, 1.54) is 25.2 Å². The zero-order valence-electron chi connectivity index (χ0n) is 19.2. The van der Waals surface area contributed by atoms with Gasteiger partial charge in [-0.25, -0.2) is 4.39 Å². The molecule has 0 aliphatic rings. The summed E-state index contributed by atoms with van der Waals surface area (Å²) in [7, 11) is 3.02. The summed E-state index contributed by atoms with van der Waals surface area (Å²) in [5.41, 5.74) is 0.312. The van der Waals surface area contributed by atoms with E-state index in [1.807, 2.05) is 13.8 Å². The summed E-state index contributed by atoms with van der Waals surface area (Å²) in [6, 6.07) is 10.3. The average molecular weight is 447 g/mol. The Bertz CT molecular complexity index is 897. The van der Waals surface area contributed by atoms with Crippen molar-refractivity contribution < 1.29 is 28.2 Å². The molecule has 2 aromatic rings. The van der Waals surface area contributed by atoms with E-state index in [-0.39, 0.29) is 25.0 Å². The monoisotopic (exact) mass is 446 g/mol. The molecule has 0 spiro atoms. The number of halogens is 1. The molecule has 0 aliphatic carbocycles. The third-order valence-corrected chi connectivity index (χ3v) is 4.84. The number of hydrogen-bond acceptors (Lipinski definition) is 5. The predicted molar refractivity (Wildman–Crippen MR) is 119 cm³/mol. The molecule has 2 aromatic carbocycles. The molecule has 8 heteroatoms. The van der Waals surface area contributed by atoms with Crippen molar-refractivity contribution in [1.29, 1.82) is 0 Å². The van der Waals surface area contributed by atoms with E-state index in [0.717, 1.165) is 0 Å². The maximum Gasteiger partial charge on any atom is 0.261 e. The van der Waals surface area contributed by atoms with E-state index < -0.39 is 17.8 Å². The second kappa shape index (κ2) is 11.9. The lowest BCUT2D eigenvalue weighted by Gasteiger charge is -2.29. The van der Waals surface area contributed by atoms with Gasteiger partial charge in [0.15, 0.2) is 6.61 Å². The van der Waals surface area contributed by atoms with Crippen LogP contribution in [0.15, 0.2) is 42.5 Å². The number of ether oxygens (including phenoxy) is 3. The minimum atomic E-state index is -0.815. The van der Waals surface area contributed by atoms with Gasteiger partial charge in [0.25, 0.3) is 5.91 Å². The van der Waals surface area contributed by atoms with Crippen molar-refractivity contribution in [2.45, 2.75) is 33.4 Å². The van der Waals surface area contributed by atoms with Gasteiger partial charge >= 0.3 is 0 Å². The summed E-state index contributed by atoms with van der Waals surface area (Å²) in [5, 5.41) is 2.82. The van der Waals surface area contributed by atoms with Crippen LogP contribution in [0.25, 0.3) is 0 Å². The molecule has 0 heterocycles. The molecule has 1 atom stereocenters. The second-order valence-corrected chi connectivity index (χ2v) is 7.77. The zero-order valence-corrected chi connectivity index (χ0v) is 19.2. The van der Waals surface area contributed by atoms with Crippen molar-refractivity contribution in [3.8, 4) is 17.2 Å². The number of benzene rings is 2. The molecule has 0 saturated heterocycles. The Hall–Kier alpha value is -3.29. The Morgan fingerprint density at radius 3 is 2.16 bits per heavy atom. The quantitative estimate of drug-likeness (QED) is 0.572. The maximum atomic E-state index is 14.3. The molecular formula is C24H31FN2O5. The molecule has 0 saturated carbocycles. The number of amides is 2. The topological polar surface area (TPSA) is 77.1 Å². The number of hydrogen-bond donors (Lipinski definition) is 1.